The number of halogens is 3. The standard InChI is InChI=1S/C10H10Cl2FN/c1-10(2-3-14-10)6-4-9(13)8(12)5-7(6)11/h4-5,14H,2-3H2,1H3. The minimum absolute atomic E-state index is 0.0710. The Morgan fingerprint density at radius 1 is 1.36 bits per heavy atom. The molecule has 4 heteroatoms. The van der Waals surface area contributed by atoms with Crippen molar-refractivity contribution in [1.29, 1.82) is 0 Å². The summed E-state index contributed by atoms with van der Waals surface area (Å²) in [4.78, 5) is 0. The Hall–Kier alpha value is -0.310. The number of hydrogen-bond donors (Lipinski definition) is 1. The molecule has 1 atom stereocenters. The van der Waals surface area contributed by atoms with Crippen LogP contribution in [0.4, 0.5) is 4.39 Å². The Kier molecular flexibility index (Phi) is 2.46. The van der Waals surface area contributed by atoms with Crippen molar-refractivity contribution in [3.05, 3.63) is 33.6 Å². The van der Waals surface area contributed by atoms with E-state index in [0.29, 0.717) is 5.02 Å². The van der Waals surface area contributed by atoms with Crippen LogP contribution in [-0.4, -0.2) is 6.54 Å². The van der Waals surface area contributed by atoms with Gasteiger partial charge in [0.2, 0.25) is 0 Å². The first-order valence-electron chi connectivity index (χ1n) is 4.43. The lowest BCUT2D eigenvalue weighted by molar-refractivity contribution is 0.236. The fraction of sp³-hybridized carbons (Fsp3) is 0.400. The normalized spacial score (nSPS) is 26.0. The maximum absolute atomic E-state index is 13.2. The Labute approximate surface area is 92.2 Å². The van der Waals surface area contributed by atoms with E-state index in [1.165, 1.54) is 12.1 Å². The minimum atomic E-state index is -0.416. The van der Waals surface area contributed by atoms with Gasteiger partial charge < -0.3 is 5.32 Å². The van der Waals surface area contributed by atoms with Gasteiger partial charge in [-0.15, -0.1) is 0 Å². The zero-order chi connectivity index (χ0) is 10.3. The summed E-state index contributed by atoms with van der Waals surface area (Å²) in [7, 11) is 0. The van der Waals surface area contributed by atoms with E-state index in [-0.39, 0.29) is 10.6 Å². The second-order valence-electron chi connectivity index (χ2n) is 3.76. The molecule has 1 nitrogen and oxygen atoms in total. The largest absolute Gasteiger partial charge is 0.307 e. The van der Waals surface area contributed by atoms with E-state index in [1.807, 2.05) is 6.92 Å². The number of rotatable bonds is 1. The lowest BCUT2D eigenvalue weighted by Crippen LogP contribution is -2.51. The zero-order valence-electron chi connectivity index (χ0n) is 7.70. The summed E-state index contributed by atoms with van der Waals surface area (Å²) in [5.41, 5.74) is 0.593. The van der Waals surface area contributed by atoms with Crippen molar-refractivity contribution in [2.75, 3.05) is 6.54 Å². The van der Waals surface area contributed by atoms with Crippen LogP contribution in [0.25, 0.3) is 0 Å². The smallest absolute Gasteiger partial charge is 0.142 e. The van der Waals surface area contributed by atoms with E-state index in [0.717, 1.165) is 18.5 Å². The number of hydrogen-bond acceptors (Lipinski definition) is 1. The van der Waals surface area contributed by atoms with Gasteiger partial charge in [-0.25, -0.2) is 4.39 Å². The zero-order valence-corrected chi connectivity index (χ0v) is 9.21. The molecule has 0 radical (unpaired) electrons. The predicted octanol–water partition coefficient (Wildman–Crippen LogP) is 3.34. The first kappa shape index (κ1) is 10.2. The topological polar surface area (TPSA) is 12.0 Å². The Bertz CT molecular complexity index is 375. The molecule has 1 aliphatic heterocycles. The highest BCUT2D eigenvalue weighted by Crippen LogP contribution is 2.37. The third-order valence-corrected chi connectivity index (χ3v) is 3.35. The van der Waals surface area contributed by atoms with Crippen LogP contribution in [0.15, 0.2) is 12.1 Å². The van der Waals surface area contributed by atoms with Gasteiger partial charge in [-0.2, -0.15) is 0 Å². The van der Waals surface area contributed by atoms with E-state index in [9.17, 15) is 4.39 Å². The molecule has 0 aliphatic carbocycles. The molecule has 1 heterocycles. The first-order chi connectivity index (χ1) is 6.53. The van der Waals surface area contributed by atoms with Crippen LogP contribution in [0.5, 0.6) is 0 Å². The highest BCUT2D eigenvalue weighted by Gasteiger charge is 2.35. The Morgan fingerprint density at radius 2 is 2.00 bits per heavy atom. The molecule has 1 aromatic carbocycles. The summed E-state index contributed by atoms with van der Waals surface area (Å²) in [6, 6.07) is 2.87. The molecular weight excluding hydrogens is 224 g/mol. The molecule has 1 N–H and O–H groups in total. The number of nitrogens with one attached hydrogen (secondary N) is 1. The average molecular weight is 234 g/mol. The van der Waals surface area contributed by atoms with Crippen molar-refractivity contribution in [1.82, 2.24) is 5.32 Å². The fourth-order valence-electron chi connectivity index (χ4n) is 1.68. The molecule has 76 valence electrons. The molecule has 1 aromatic rings. The molecule has 0 spiro atoms. The van der Waals surface area contributed by atoms with Gasteiger partial charge in [0.05, 0.1) is 5.02 Å². The quantitative estimate of drug-likeness (QED) is 0.735. The molecule has 1 unspecified atom stereocenters. The predicted molar refractivity (Wildman–Crippen MR) is 56.4 cm³/mol. The Balaban J connectivity index is 2.48. The molecule has 2 rings (SSSR count). The van der Waals surface area contributed by atoms with Gasteiger partial charge in [0.15, 0.2) is 0 Å². The van der Waals surface area contributed by atoms with Crippen molar-refractivity contribution in [2.24, 2.45) is 0 Å². The summed E-state index contributed by atoms with van der Waals surface area (Å²) >= 11 is 11.6. The van der Waals surface area contributed by atoms with Crippen LogP contribution in [0, 0.1) is 5.82 Å². The van der Waals surface area contributed by atoms with Gasteiger partial charge in [-0.3, -0.25) is 0 Å². The summed E-state index contributed by atoms with van der Waals surface area (Å²) in [5, 5.41) is 3.82. The third-order valence-electron chi connectivity index (χ3n) is 2.74. The second-order valence-corrected chi connectivity index (χ2v) is 4.57. The van der Waals surface area contributed by atoms with E-state index in [1.54, 1.807) is 0 Å². The average Bonchev–Trinajstić information content (AvgIpc) is 2.07. The first-order valence-corrected chi connectivity index (χ1v) is 5.18. The minimum Gasteiger partial charge on any atom is -0.307 e. The second kappa shape index (κ2) is 3.37. The van der Waals surface area contributed by atoms with Gasteiger partial charge in [0.25, 0.3) is 0 Å². The van der Waals surface area contributed by atoms with E-state index in [2.05, 4.69) is 5.32 Å². The fourth-order valence-corrected chi connectivity index (χ4v) is 2.27. The molecule has 0 bridgehead atoms. The van der Waals surface area contributed by atoms with E-state index in [4.69, 9.17) is 23.2 Å². The Morgan fingerprint density at radius 3 is 2.50 bits per heavy atom. The van der Waals surface area contributed by atoms with Gasteiger partial charge in [-0.1, -0.05) is 23.2 Å². The summed E-state index contributed by atoms with van der Waals surface area (Å²) in [6.45, 7) is 2.95. The molecule has 0 amide bonds. The van der Waals surface area contributed by atoms with E-state index < -0.39 is 5.82 Å². The van der Waals surface area contributed by atoms with Gasteiger partial charge in [0.1, 0.15) is 5.82 Å². The van der Waals surface area contributed by atoms with Crippen LogP contribution in [-0.2, 0) is 5.54 Å². The van der Waals surface area contributed by atoms with Gasteiger partial charge >= 0.3 is 0 Å². The van der Waals surface area contributed by atoms with Crippen LogP contribution in [0.3, 0.4) is 0 Å². The summed E-state index contributed by atoms with van der Waals surface area (Å²) in [6.07, 6.45) is 0.966. The molecule has 0 saturated carbocycles. The maximum atomic E-state index is 13.2. The van der Waals surface area contributed by atoms with Crippen molar-refractivity contribution < 1.29 is 4.39 Å². The lowest BCUT2D eigenvalue weighted by atomic mass is 9.83. The van der Waals surface area contributed by atoms with Crippen molar-refractivity contribution in [3.8, 4) is 0 Å². The monoisotopic (exact) mass is 233 g/mol. The van der Waals surface area contributed by atoms with Crippen LogP contribution < -0.4 is 5.32 Å². The highest BCUT2D eigenvalue weighted by atomic mass is 35.5. The van der Waals surface area contributed by atoms with Crippen molar-refractivity contribution in [3.63, 3.8) is 0 Å². The molecule has 0 aromatic heterocycles. The SMILES string of the molecule is CC1(c2cc(F)c(Cl)cc2Cl)CCN1. The molecular formula is C10H10Cl2FN. The highest BCUT2D eigenvalue weighted by molar-refractivity contribution is 6.35. The van der Waals surface area contributed by atoms with Crippen molar-refractivity contribution in [2.45, 2.75) is 18.9 Å². The van der Waals surface area contributed by atoms with E-state index >= 15 is 0 Å². The third kappa shape index (κ3) is 1.52. The molecule has 1 saturated heterocycles. The summed E-state index contributed by atoms with van der Waals surface area (Å²) < 4.78 is 13.2. The molecule has 1 fully saturated rings. The van der Waals surface area contributed by atoms with Gasteiger partial charge in [-0.05, 0) is 37.6 Å². The molecule has 1 aliphatic rings. The maximum Gasteiger partial charge on any atom is 0.142 e. The molecule has 14 heavy (non-hydrogen) atoms. The lowest BCUT2D eigenvalue weighted by Gasteiger charge is -2.41. The van der Waals surface area contributed by atoms with Crippen LogP contribution >= 0.6 is 23.2 Å². The van der Waals surface area contributed by atoms with Crippen molar-refractivity contribution >= 4 is 23.2 Å². The number of benzene rings is 1. The van der Waals surface area contributed by atoms with Gasteiger partial charge in [0, 0.05) is 10.6 Å². The van der Waals surface area contributed by atoms with Crippen LogP contribution in [0.1, 0.15) is 18.9 Å². The van der Waals surface area contributed by atoms with Crippen LogP contribution in [0.2, 0.25) is 10.0 Å². The summed E-state index contributed by atoms with van der Waals surface area (Å²) in [5.74, 6) is -0.416.